The number of morpholine rings is 1. The molecule has 3 aliphatic rings. The standard InChI is InChI=1S/C29H31N3O6S/c1-19-26(28(34)38-17-20-7-5-4-6-8-20)27(23-16-22(35-2)9-10-24(23)36-3)32-21(18-39-29(32)30-19)15-25(33)31-11-13-37-14-12-31/h4-10,16,18,27H,11-15,17H2,1-3H3. The summed E-state index contributed by atoms with van der Waals surface area (Å²) in [5, 5.41) is 2.62. The maximum absolute atomic E-state index is 13.7. The van der Waals surface area contributed by atoms with Crippen molar-refractivity contribution in [1.29, 1.82) is 0 Å². The van der Waals surface area contributed by atoms with Gasteiger partial charge < -0.3 is 28.7 Å². The van der Waals surface area contributed by atoms with E-state index in [9.17, 15) is 9.59 Å². The Morgan fingerprint density at radius 3 is 2.56 bits per heavy atom. The number of aliphatic imine (C=N–C) groups is 1. The lowest BCUT2D eigenvalue weighted by Gasteiger charge is -2.37. The molecule has 9 nitrogen and oxygen atoms in total. The molecule has 0 aromatic heterocycles. The van der Waals surface area contributed by atoms with Gasteiger partial charge in [-0.25, -0.2) is 9.79 Å². The fourth-order valence-corrected chi connectivity index (χ4v) is 5.82. The molecule has 0 radical (unpaired) electrons. The van der Waals surface area contributed by atoms with Crippen LogP contribution in [0.4, 0.5) is 0 Å². The molecule has 3 heterocycles. The summed E-state index contributed by atoms with van der Waals surface area (Å²) in [4.78, 5) is 35.5. The molecule has 0 saturated carbocycles. The number of thioether (sulfide) groups is 1. The Morgan fingerprint density at radius 2 is 1.85 bits per heavy atom. The Kier molecular flexibility index (Phi) is 8.23. The van der Waals surface area contributed by atoms with E-state index in [0.29, 0.717) is 59.8 Å². The number of fused-ring (bicyclic) bond motifs is 1. The van der Waals surface area contributed by atoms with Gasteiger partial charge in [0, 0.05) is 24.4 Å². The summed E-state index contributed by atoms with van der Waals surface area (Å²) in [6.07, 6.45) is 0.167. The van der Waals surface area contributed by atoms with Crippen LogP contribution in [0, 0.1) is 0 Å². The Balaban J connectivity index is 1.52. The van der Waals surface area contributed by atoms with Crippen molar-refractivity contribution in [3.8, 4) is 11.5 Å². The number of ether oxygens (including phenoxy) is 4. The lowest BCUT2D eigenvalue weighted by molar-refractivity contribution is -0.141. The number of amidine groups is 1. The summed E-state index contributed by atoms with van der Waals surface area (Å²) in [6, 6.07) is 14.4. The minimum Gasteiger partial charge on any atom is -0.497 e. The van der Waals surface area contributed by atoms with E-state index in [1.165, 1.54) is 11.8 Å². The molecule has 1 unspecified atom stereocenters. The molecule has 2 aromatic carbocycles. The van der Waals surface area contributed by atoms with Gasteiger partial charge in [-0.3, -0.25) is 4.79 Å². The van der Waals surface area contributed by atoms with Crippen LogP contribution in [0.2, 0.25) is 0 Å². The number of hydrogen-bond acceptors (Lipinski definition) is 9. The van der Waals surface area contributed by atoms with Crippen LogP contribution >= 0.6 is 11.8 Å². The van der Waals surface area contributed by atoms with Crippen LogP contribution in [0.1, 0.15) is 30.5 Å². The first kappa shape index (κ1) is 26.8. The highest BCUT2D eigenvalue weighted by molar-refractivity contribution is 8.16. The highest BCUT2D eigenvalue weighted by atomic mass is 32.2. The van der Waals surface area contributed by atoms with E-state index in [4.69, 9.17) is 23.9 Å². The molecule has 204 valence electrons. The number of allylic oxidation sites excluding steroid dienone is 1. The Labute approximate surface area is 232 Å². The predicted molar refractivity (Wildman–Crippen MR) is 148 cm³/mol. The van der Waals surface area contributed by atoms with E-state index in [1.807, 2.05) is 63.7 Å². The van der Waals surface area contributed by atoms with Crippen molar-refractivity contribution in [2.45, 2.75) is 26.0 Å². The fraction of sp³-hybridized carbons (Fsp3) is 0.345. The van der Waals surface area contributed by atoms with E-state index in [0.717, 1.165) is 11.3 Å². The number of carbonyl (C=O) groups excluding carboxylic acids is 2. The van der Waals surface area contributed by atoms with E-state index in [1.54, 1.807) is 21.1 Å². The topological polar surface area (TPSA) is 89.9 Å². The number of amides is 1. The van der Waals surface area contributed by atoms with Gasteiger partial charge in [-0.1, -0.05) is 42.1 Å². The molecular formula is C29H31N3O6S. The second kappa shape index (κ2) is 12.0. The van der Waals surface area contributed by atoms with Crippen molar-refractivity contribution in [2.24, 2.45) is 4.99 Å². The van der Waals surface area contributed by atoms with Crippen LogP contribution in [0.5, 0.6) is 11.5 Å². The lowest BCUT2D eigenvalue weighted by Crippen LogP contribution is -2.42. The van der Waals surface area contributed by atoms with Gasteiger partial charge in [0.15, 0.2) is 5.17 Å². The second-order valence-electron chi connectivity index (χ2n) is 9.23. The fourth-order valence-electron chi connectivity index (χ4n) is 4.86. The van der Waals surface area contributed by atoms with Crippen molar-refractivity contribution in [2.75, 3.05) is 40.5 Å². The molecule has 39 heavy (non-hydrogen) atoms. The summed E-state index contributed by atoms with van der Waals surface area (Å²) >= 11 is 1.43. The minimum atomic E-state index is -0.635. The summed E-state index contributed by atoms with van der Waals surface area (Å²) in [6.45, 7) is 4.10. The molecule has 1 fully saturated rings. The van der Waals surface area contributed by atoms with Crippen molar-refractivity contribution in [3.05, 3.63) is 82.0 Å². The van der Waals surface area contributed by atoms with Gasteiger partial charge in [0.25, 0.3) is 0 Å². The summed E-state index contributed by atoms with van der Waals surface area (Å²) < 4.78 is 22.5. The number of hydrogen-bond donors (Lipinski definition) is 0. The van der Waals surface area contributed by atoms with Crippen molar-refractivity contribution < 1.29 is 28.5 Å². The maximum atomic E-state index is 13.7. The molecule has 0 bridgehead atoms. The first-order valence-corrected chi connectivity index (χ1v) is 13.6. The molecule has 2 aromatic rings. The third kappa shape index (κ3) is 5.67. The number of carbonyl (C=O) groups is 2. The number of esters is 1. The average Bonchev–Trinajstić information content (AvgIpc) is 3.37. The van der Waals surface area contributed by atoms with E-state index in [-0.39, 0.29) is 18.9 Å². The Bertz CT molecular complexity index is 1330. The third-order valence-corrected chi connectivity index (χ3v) is 7.75. The SMILES string of the molecule is COc1ccc(OC)c(C2C(C(=O)OCc3ccccc3)=C(C)N=C3SC=C(CC(=O)N4CCOCC4)N32)c1. The van der Waals surface area contributed by atoms with Gasteiger partial charge in [0.05, 0.1) is 51.2 Å². The molecule has 1 atom stereocenters. The predicted octanol–water partition coefficient (Wildman–Crippen LogP) is 4.27. The summed E-state index contributed by atoms with van der Waals surface area (Å²) in [5.74, 6) is 0.720. The Hall–Kier alpha value is -3.76. The maximum Gasteiger partial charge on any atom is 0.338 e. The average molecular weight is 550 g/mol. The molecule has 3 aliphatic heterocycles. The molecule has 1 amide bonds. The van der Waals surface area contributed by atoms with Gasteiger partial charge >= 0.3 is 5.97 Å². The number of nitrogens with zero attached hydrogens (tertiary/aromatic N) is 3. The molecule has 1 saturated heterocycles. The highest BCUT2D eigenvalue weighted by Crippen LogP contribution is 2.47. The van der Waals surface area contributed by atoms with Gasteiger partial charge in [0.2, 0.25) is 5.91 Å². The first-order chi connectivity index (χ1) is 19.0. The van der Waals surface area contributed by atoms with E-state index >= 15 is 0 Å². The molecular weight excluding hydrogens is 518 g/mol. The second-order valence-corrected chi connectivity index (χ2v) is 10.1. The van der Waals surface area contributed by atoms with Crippen molar-refractivity contribution >= 4 is 28.8 Å². The Morgan fingerprint density at radius 1 is 1.08 bits per heavy atom. The van der Waals surface area contributed by atoms with E-state index in [2.05, 4.69) is 0 Å². The molecule has 10 heteroatoms. The first-order valence-electron chi connectivity index (χ1n) is 12.7. The number of methoxy groups -OCH3 is 2. The summed E-state index contributed by atoms with van der Waals surface area (Å²) in [5.41, 5.74) is 3.28. The highest BCUT2D eigenvalue weighted by Gasteiger charge is 2.43. The molecule has 5 rings (SSSR count). The number of benzene rings is 2. The normalized spacial score (nSPS) is 18.8. The van der Waals surface area contributed by atoms with Crippen LogP contribution in [-0.4, -0.2) is 67.4 Å². The summed E-state index contributed by atoms with van der Waals surface area (Å²) in [7, 11) is 3.18. The molecule has 0 aliphatic carbocycles. The zero-order chi connectivity index (χ0) is 27.4. The van der Waals surface area contributed by atoms with Gasteiger partial charge in [-0.05, 0) is 36.1 Å². The largest absolute Gasteiger partial charge is 0.497 e. The third-order valence-electron chi connectivity index (χ3n) is 6.86. The van der Waals surface area contributed by atoms with E-state index < -0.39 is 12.0 Å². The van der Waals surface area contributed by atoms with Crippen LogP contribution in [0.15, 0.2) is 75.9 Å². The van der Waals surface area contributed by atoms with Crippen LogP contribution in [0.25, 0.3) is 0 Å². The van der Waals surface area contributed by atoms with Gasteiger partial charge in [-0.2, -0.15) is 0 Å². The lowest BCUT2D eigenvalue weighted by atomic mass is 9.92. The quantitative estimate of drug-likeness (QED) is 0.451. The van der Waals surface area contributed by atoms with Crippen molar-refractivity contribution in [3.63, 3.8) is 0 Å². The zero-order valence-corrected chi connectivity index (χ0v) is 23.0. The molecule has 0 N–H and O–H groups in total. The zero-order valence-electron chi connectivity index (χ0n) is 22.2. The minimum absolute atomic E-state index is 0.00207. The number of rotatable bonds is 8. The molecule has 0 spiro atoms. The van der Waals surface area contributed by atoms with Gasteiger partial charge in [0.1, 0.15) is 18.1 Å². The smallest absolute Gasteiger partial charge is 0.338 e. The van der Waals surface area contributed by atoms with Crippen molar-refractivity contribution in [1.82, 2.24) is 9.80 Å². The van der Waals surface area contributed by atoms with Crippen LogP contribution < -0.4 is 9.47 Å². The van der Waals surface area contributed by atoms with Crippen LogP contribution in [-0.2, 0) is 25.7 Å². The monoisotopic (exact) mass is 549 g/mol. The van der Waals surface area contributed by atoms with Crippen LogP contribution in [0.3, 0.4) is 0 Å². The van der Waals surface area contributed by atoms with Gasteiger partial charge in [-0.15, -0.1) is 0 Å².